The second-order valence-corrected chi connectivity index (χ2v) is 8.34. The van der Waals surface area contributed by atoms with Gasteiger partial charge < -0.3 is 24.4 Å². The van der Waals surface area contributed by atoms with E-state index >= 15 is 0 Å². The normalized spacial score (nSPS) is 12.8. The predicted molar refractivity (Wildman–Crippen MR) is 126 cm³/mol. The minimum atomic E-state index is -0.992. The Morgan fingerprint density at radius 3 is 2.27 bits per heavy atom. The van der Waals surface area contributed by atoms with E-state index in [2.05, 4.69) is 0 Å². The fourth-order valence-electron chi connectivity index (χ4n) is 3.51. The number of carboxylic acids is 2. The van der Waals surface area contributed by atoms with Gasteiger partial charge in [0.1, 0.15) is 5.75 Å². The first-order chi connectivity index (χ1) is 15.6. The molecule has 0 heterocycles. The first-order valence-electron chi connectivity index (χ1n) is 11.2. The molecule has 0 saturated carbocycles. The van der Waals surface area contributed by atoms with E-state index in [1.807, 2.05) is 33.8 Å². The Hall–Kier alpha value is -3.22. The average molecular weight is 459 g/mol. The van der Waals surface area contributed by atoms with Crippen LogP contribution in [0.4, 0.5) is 0 Å². The zero-order chi connectivity index (χ0) is 24.5. The molecule has 2 atom stereocenters. The smallest absolute Gasteiger partial charge is 0.311 e. The van der Waals surface area contributed by atoms with E-state index in [4.69, 9.17) is 19.3 Å². The Morgan fingerprint density at radius 2 is 1.70 bits per heavy atom. The van der Waals surface area contributed by atoms with Gasteiger partial charge in [0.05, 0.1) is 25.2 Å². The summed E-state index contributed by atoms with van der Waals surface area (Å²) in [5.74, 6) is -1.11. The van der Waals surface area contributed by atoms with Gasteiger partial charge in [0.25, 0.3) is 0 Å². The minimum absolute atomic E-state index is 0.0243. The molecule has 0 aliphatic rings. The maximum Gasteiger partial charge on any atom is 0.311 e. The Kier molecular flexibility index (Phi) is 9.57. The first-order valence-corrected chi connectivity index (χ1v) is 11.2. The Bertz CT molecular complexity index is 952. The van der Waals surface area contributed by atoms with Crippen LogP contribution in [-0.4, -0.2) is 41.5 Å². The zero-order valence-electron chi connectivity index (χ0n) is 20.0. The molecule has 180 valence electrons. The summed E-state index contributed by atoms with van der Waals surface area (Å²) in [5.41, 5.74) is 2.02. The molecule has 2 unspecified atom stereocenters. The molecule has 0 spiro atoms. The molecule has 0 bridgehead atoms. The summed E-state index contributed by atoms with van der Waals surface area (Å²) in [7, 11) is 1.54. The quantitative estimate of drug-likeness (QED) is 0.431. The van der Waals surface area contributed by atoms with E-state index in [0.29, 0.717) is 28.4 Å². The van der Waals surface area contributed by atoms with Crippen LogP contribution in [0.25, 0.3) is 0 Å². The van der Waals surface area contributed by atoms with Crippen LogP contribution in [0.5, 0.6) is 17.2 Å². The Labute approximate surface area is 195 Å². The SMILES string of the molecule is CCC(C)Oc1ccc(CCC(=O)O)c(C(Cc2ccc(OC(C)C)c(OC)c2)C(=O)O)c1. The third-order valence-corrected chi connectivity index (χ3v) is 5.34. The van der Waals surface area contributed by atoms with Crippen molar-refractivity contribution in [1.82, 2.24) is 0 Å². The molecule has 0 aliphatic heterocycles. The monoisotopic (exact) mass is 458 g/mol. The van der Waals surface area contributed by atoms with Crippen molar-refractivity contribution in [2.24, 2.45) is 0 Å². The molecule has 2 rings (SSSR count). The van der Waals surface area contributed by atoms with Crippen LogP contribution < -0.4 is 14.2 Å². The highest BCUT2D eigenvalue weighted by molar-refractivity contribution is 5.77. The van der Waals surface area contributed by atoms with Crippen molar-refractivity contribution < 1.29 is 34.0 Å². The molecule has 0 fully saturated rings. The van der Waals surface area contributed by atoms with Gasteiger partial charge in [-0.2, -0.15) is 0 Å². The van der Waals surface area contributed by atoms with Gasteiger partial charge in [-0.3, -0.25) is 9.59 Å². The van der Waals surface area contributed by atoms with Crippen LogP contribution in [0.2, 0.25) is 0 Å². The van der Waals surface area contributed by atoms with Crippen molar-refractivity contribution in [3.05, 3.63) is 53.1 Å². The number of benzene rings is 2. The summed E-state index contributed by atoms with van der Waals surface area (Å²) in [4.78, 5) is 23.5. The Balaban J connectivity index is 2.44. The van der Waals surface area contributed by atoms with Crippen molar-refractivity contribution in [2.45, 2.75) is 71.5 Å². The fraction of sp³-hybridized carbons (Fsp3) is 0.462. The molecular formula is C26H34O7. The number of carboxylic acid groups (broad SMARTS) is 2. The second kappa shape index (κ2) is 12.1. The number of carbonyl (C=O) groups is 2. The van der Waals surface area contributed by atoms with Gasteiger partial charge in [-0.1, -0.05) is 19.1 Å². The molecule has 0 aromatic heterocycles. The topological polar surface area (TPSA) is 102 Å². The summed E-state index contributed by atoms with van der Waals surface area (Å²) in [6.07, 6.45) is 1.12. The molecule has 2 aromatic carbocycles. The third kappa shape index (κ3) is 7.70. The van der Waals surface area contributed by atoms with Gasteiger partial charge in [0, 0.05) is 6.42 Å². The van der Waals surface area contributed by atoms with Gasteiger partial charge in [0.2, 0.25) is 0 Å². The standard InChI is InChI=1S/C26H34O7/c1-6-17(4)33-20-10-8-19(9-12-25(27)28)21(15-20)22(26(29)30)13-18-7-11-23(32-16(2)3)24(14-18)31-5/h7-8,10-11,14-17,22H,6,9,12-13H2,1-5H3,(H,27,28)(H,29,30). The highest BCUT2D eigenvalue weighted by atomic mass is 16.5. The van der Waals surface area contributed by atoms with Gasteiger partial charge in [-0.05, 0) is 81.0 Å². The number of aryl methyl sites for hydroxylation is 1. The number of hydrogen-bond donors (Lipinski definition) is 2. The van der Waals surface area contributed by atoms with E-state index in [1.54, 1.807) is 37.4 Å². The van der Waals surface area contributed by atoms with Crippen molar-refractivity contribution in [2.75, 3.05) is 7.11 Å². The lowest BCUT2D eigenvalue weighted by Gasteiger charge is -2.21. The molecule has 0 aliphatic carbocycles. The molecule has 2 N–H and O–H groups in total. The predicted octanol–water partition coefficient (Wildman–Crippen LogP) is 5.09. The van der Waals surface area contributed by atoms with E-state index in [0.717, 1.165) is 12.0 Å². The van der Waals surface area contributed by atoms with E-state index < -0.39 is 17.9 Å². The molecule has 33 heavy (non-hydrogen) atoms. The molecule has 0 saturated heterocycles. The molecule has 0 amide bonds. The molecule has 7 heteroatoms. The van der Waals surface area contributed by atoms with E-state index in [9.17, 15) is 14.7 Å². The maximum absolute atomic E-state index is 12.3. The maximum atomic E-state index is 12.3. The first kappa shape index (κ1) is 26.0. The van der Waals surface area contributed by atoms with Gasteiger partial charge >= 0.3 is 11.9 Å². The van der Waals surface area contributed by atoms with Crippen LogP contribution in [0.3, 0.4) is 0 Å². The highest BCUT2D eigenvalue weighted by Gasteiger charge is 2.25. The van der Waals surface area contributed by atoms with Crippen LogP contribution in [0.15, 0.2) is 36.4 Å². The summed E-state index contributed by atoms with van der Waals surface area (Å²) < 4.78 is 17.1. The number of hydrogen-bond acceptors (Lipinski definition) is 5. The van der Waals surface area contributed by atoms with Crippen LogP contribution >= 0.6 is 0 Å². The highest BCUT2D eigenvalue weighted by Crippen LogP contribution is 2.34. The molecule has 7 nitrogen and oxygen atoms in total. The van der Waals surface area contributed by atoms with Crippen molar-refractivity contribution in [1.29, 1.82) is 0 Å². The van der Waals surface area contributed by atoms with E-state index in [-0.39, 0.29) is 31.5 Å². The number of methoxy groups -OCH3 is 1. The second-order valence-electron chi connectivity index (χ2n) is 8.34. The van der Waals surface area contributed by atoms with Crippen molar-refractivity contribution >= 4 is 11.9 Å². The summed E-state index contributed by atoms with van der Waals surface area (Å²) >= 11 is 0. The summed E-state index contributed by atoms with van der Waals surface area (Å²) in [6.45, 7) is 7.79. The number of ether oxygens (including phenoxy) is 3. The van der Waals surface area contributed by atoms with Gasteiger partial charge in [-0.25, -0.2) is 0 Å². The minimum Gasteiger partial charge on any atom is -0.493 e. The fourth-order valence-corrected chi connectivity index (χ4v) is 3.51. The molecule has 2 aromatic rings. The number of aliphatic carboxylic acids is 2. The summed E-state index contributed by atoms with van der Waals surface area (Å²) in [5, 5.41) is 19.2. The molecular weight excluding hydrogens is 424 g/mol. The van der Waals surface area contributed by atoms with Crippen LogP contribution in [-0.2, 0) is 22.4 Å². The largest absolute Gasteiger partial charge is 0.493 e. The molecule has 0 radical (unpaired) electrons. The lowest BCUT2D eigenvalue weighted by molar-refractivity contribution is -0.139. The van der Waals surface area contributed by atoms with E-state index in [1.165, 1.54) is 0 Å². The van der Waals surface area contributed by atoms with Crippen LogP contribution in [0, 0.1) is 0 Å². The lowest BCUT2D eigenvalue weighted by atomic mass is 9.87. The van der Waals surface area contributed by atoms with Crippen LogP contribution in [0.1, 0.15) is 63.1 Å². The van der Waals surface area contributed by atoms with Gasteiger partial charge in [-0.15, -0.1) is 0 Å². The lowest BCUT2D eigenvalue weighted by Crippen LogP contribution is -2.18. The zero-order valence-corrected chi connectivity index (χ0v) is 20.0. The van der Waals surface area contributed by atoms with Crippen molar-refractivity contribution in [3.8, 4) is 17.2 Å². The summed E-state index contributed by atoms with van der Waals surface area (Å²) in [6, 6.07) is 10.7. The van der Waals surface area contributed by atoms with Gasteiger partial charge in [0.15, 0.2) is 11.5 Å². The van der Waals surface area contributed by atoms with Crippen molar-refractivity contribution in [3.63, 3.8) is 0 Å². The third-order valence-electron chi connectivity index (χ3n) is 5.34. The Morgan fingerprint density at radius 1 is 0.970 bits per heavy atom. The average Bonchev–Trinajstić information content (AvgIpc) is 2.76. The number of rotatable bonds is 13.